The predicted octanol–water partition coefficient (Wildman–Crippen LogP) is 1.86. The molecule has 1 amide bonds. The fourth-order valence-electron chi connectivity index (χ4n) is 3.02. The first kappa shape index (κ1) is 15.5. The molecule has 1 atom stereocenters. The molecule has 0 saturated heterocycles. The average molecular weight is 339 g/mol. The summed E-state index contributed by atoms with van der Waals surface area (Å²) in [4.78, 5) is 24.3. The molecule has 128 valence electrons. The summed E-state index contributed by atoms with van der Waals surface area (Å²) < 4.78 is 15.9. The molecule has 0 bridgehead atoms. The van der Waals surface area contributed by atoms with Gasteiger partial charge in [-0.1, -0.05) is 24.3 Å². The van der Waals surface area contributed by atoms with Crippen molar-refractivity contribution < 1.29 is 23.8 Å². The van der Waals surface area contributed by atoms with Crippen LogP contribution < -0.4 is 14.8 Å². The first-order valence-electron chi connectivity index (χ1n) is 8.16. The van der Waals surface area contributed by atoms with E-state index in [1.807, 2.05) is 30.3 Å². The second kappa shape index (κ2) is 6.47. The summed E-state index contributed by atoms with van der Waals surface area (Å²) in [5.74, 6) is 0.739. The molecule has 1 unspecified atom stereocenters. The number of nitrogens with one attached hydrogen (secondary N) is 1. The number of amides is 1. The van der Waals surface area contributed by atoms with E-state index in [9.17, 15) is 9.59 Å². The average Bonchev–Trinajstić information content (AvgIpc) is 3.09. The van der Waals surface area contributed by atoms with E-state index >= 15 is 0 Å². The van der Waals surface area contributed by atoms with Gasteiger partial charge in [0, 0.05) is 13.0 Å². The van der Waals surface area contributed by atoms with E-state index in [0.717, 1.165) is 22.6 Å². The van der Waals surface area contributed by atoms with Gasteiger partial charge in [0.25, 0.3) is 5.91 Å². The monoisotopic (exact) mass is 339 g/mol. The summed E-state index contributed by atoms with van der Waals surface area (Å²) in [7, 11) is 0. The van der Waals surface area contributed by atoms with E-state index in [-0.39, 0.29) is 12.7 Å². The lowest BCUT2D eigenvalue weighted by Gasteiger charge is -2.23. The van der Waals surface area contributed by atoms with Gasteiger partial charge in [0.1, 0.15) is 0 Å². The Morgan fingerprint density at radius 2 is 1.96 bits per heavy atom. The Morgan fingerprint density at radius 3 is 2.88 bits per heavy atom. The zero-order chi connectivity index (χ0) is 17.2. The Morgan fingerprint density at radius 1 is 1.12 bits per heavy atom. The maximum absolute atomic E-state index is 12.3. The minimum Gasteiger partial charge on any atom is -0.454 e. The van der Waals surface area contributed by atoms with Gasteiger partial charge < -0.3 is 19.5 Å². The highest BCUT2D eigenvalue weighted by Crippen LogP contribution is 2.32. The van der Waals surface area contributed by atoms with Crippen LogP contribution in [0, 0.1) is 0 Å². The number of cyclic esters (lactones) is 1. The molecule has 0 spiro atoms. The lowest BCUT2D eigenvalue weighted by molar-refractivity contribution is -0.130. The van der Waals surface area contributed by atoms with Crippen LogP contribution in [0.15, 0.2) is 42.5 Å². The smallest absolute Gasteiger partial charge is 0.339 e. The molecule has 1 N–H and O–H groups in total. The number of ether oxygens (including phenoxy) is 3. The normalized spacial score (nSPS) is 17.6. The van der Waals surface area contributed by atoms with Gasteiger partial charge in [-0.25, -0.2) is 4.79 Å². The molecule has 25 heavy (non-hydrogen) atoms. The third-order valence-corrected chi connectivity index (χ3v) is 4.33. The fourth-order valence-corrected chi connectivity index (χ4v) is 3.02. The Kier molecular flexibility index (Phi) is 4.01. The van der Waals surface area contributed by atoms with E-state index < -0.39 is 12.1 Å². The topological polar surface area (TPSA) is 73.9 Å². The molecule has 2 aliphatic heterocycles. The quantitative estimate of drug-likeness (QED) is 0.861. The number of carbonyl (C=O) groups excluding carboxylic acids is 2. The van der Waals surface area contributed by atoms with Gasteiger partial charge in [-0.2, -0.15) is 0 Å². The van der Waals surface area contributed by atoms with Gasteiger partial charge in [-0.05, 0) is 35.7 Å². The van der Waals surface area contributed by atoms with Crippen LogP contribution in [0.5, 0.6) is 11.5 Å². The number of carbonyl (C=O) groups is 2. The number of hydrogen-bond acceptors (Lipinski definition) is 5. The van der Waals surface area contributed by atoms with E-state index in [0.29, 0.717) is 24.9 Å². The van der Waals surface area contributed by atoms with Crippen LogP contribution in [0.4, 0.5) is 0 Å². The van der Waals surface area contributed by atoms with Crippen molar-refractivity contribution in [3.63, 3.8) is 0 Å². The van der Waals surface area contributed by atoms with Crippen molar-refractivity contribution >= 4 is 11.9 Å². The number of benzene rings is 2. The SMILES string of the molecule is O=C1OC(C(=O)NCCc2ccc3c(c2)OCO3)Cc2ccccc21. The standard InChI is InChI=1S/C19H17NO5/c21-18(17-10-13-3-1-2-4-14(13)19(22)25-17)20-8-7-12-5-6-15-16(9-12)24-11-23-15/h1-6,9,17H,7-8,10-11H2,(H,20,21). The van der Waals surface area contributed by atoms with Crippen molar-refractivity contribution in [3.8, 4) is 11.5 Å². The van der Waals surface area contributed by atoms with Crippen molar-refractivity contribution in [3.05, 3.63) is 59.2 Å². The molecule has 6 nitrogen and oxygen atoms in total. The van der Waals surface area contributed by atoms with Crippen LogP contribution in [0.1, 0.15) is 21.5 Å². The molecule has 6 heteroatoms. The second-order valence-corrected chi connectivity index (χ2v) is 5.98. The molecular weight excluding hydrogens is 322 g/mol. The largest absolute Gasteiger partial charge is 0.454 e. The highest BCUT2D eigenvalue weighted by molar-refractivity contribution is 5.95. The van der Waals surface area contributed by atoms with Crippen molar-refractivity contribution in [2.45, 2.75) is 18.9 Å². The predicted molar refractivity (Wildman–Crippen MR) is 88.6 cm³/mol. The summed E-state index contributed by atoms with van der Waals surface area (Å²) in [6.45, 7) is 0.693. The second-order valence-electron chi connectivity index (χ2n) is 5.98. The van der Waals surface area contributed by atoms with E-state index in [2.05, 4.69) is 5.32 Å². The molecule has 2 aromatic rings. The summed E-state index contributed by atoms with van der Waals surface area (Å²) >= 11 is 0. The summed E-state index contributed by atoms with van der Waals surface area (Å²) in [6, 6.07) is 12.9. The Bertz CT molecular complexity index is 832. The van der Waals surface area contributed by atoms with Crippen molar-refractivity contribution in [1.29, 1.82) is 0 Å². The Hall–Kier alpha value is -3.02. The van der Waals surface area contributed by atoms with Crippen LogP contribution in [0.25, 0.3) is 0 Å². The van der Waals surface area contributed by atoms with Gasteiger partial charge in [-0.3, -0.25) is 4.79 Å². The van der Waals surface area contributed by atoms with Crippen molar-refractivity contribution in [1.82, 2.24) is 5.32 Å². The van der Waals surface area contributed by atoms with E-state index in [4.69, 9.17) is 14.2 Å². The van der Waals surface area contributed by atoms with Crippen LogP contribution in [0.3, 0.4) is 0 Å². The van der Waals surface area contributed by atoms with Crippen LogP contribution in [0.2, 0.25) is 0 Å². The van der Waals surface area contributed by atoms with Gasteiger partial charge in [0.15, 0.2) is 17.6 Å². The van der Waals surface area contributed by atoms with Crippen LogP contribution in [-0.4, -0.2) is 31.3 Å². The lowest BCUT2D eigenvalue weighted by Crippen LogP contribution is -2.42. The number of esters is 1. The molecule has 2 aromatic carbocycles. The summed E-state index contributed by atoms with van der Waals surface area (Å²) in [6.07, 6.45) is 0.274. The Labute approximate surface area is 144 Å². The first-order valence-corrected chi connectivity index (χ1v) is 8.16. The van der Waals surface area contributed by atoms with Crippen LogP contribution >= 0.6 is 0 Å². The van der Waals surface area contributed by atoms with Crippen LogP contribution in [-0.2, 0) is 22.4 Å². The van der Waals surface area contributed by atoms with E-state index in [1.54, 1.807) is 12.1 Å². The third kappa shape index (κ3) is 3.15. The minimum atomic E-state index is -0.779. The highest BCUT2D eigenvalue weighted by atomic mass is 16.7. The number of fused-ring (bicyclic) bond motifs is 2. The van der Waals surface area contributed by atoms with Gasteiger partial charge in [0.05, 0.1) is 5.56 Å². The molecule has 0 radical (unpaired) electrons. The van der Waals surface area contributed by atoms with Gasteiger partial charge in [-0.15, -0.1) is 0 Å². The first-order chi connectivity index (χ1) is 12.2. The van der Waals surface area contributed by atoms with Gasteiger partial charge >= 0.3 is 5.97 Å². The number of hydrogen-bond donors (Lipinski definition) is 1. The maximum Gasteiger partial charge on any atom is 0.339 e. The molecule has 4 rings (SSSR count). The Balaban J connectivity index is 1.33. The fraction of sp³-hybridized carbons (Fsp3) is 0.263. The van der Waals surface area contributed by atoms with Gasteiger partial charge in [0.2, 0.25) is 6.79 Å². The summed E-state index contributed by atoms with van der Waals surface area (Å²) in [5.41, 5.74) is 2.41. The molecule has 0 aromatic heterocycles. The summed E-state index contributed by atoms with van der Waals surface area (Å²) in [5, 5.41) is 2.83. The lowest BCUT2D eigenvalue weighted by atomic mass is 9.98. The van der Waals surface area contributed by atoms with Crippen molar-refractivity contribution in [2.24, 2.45) is 0 Å². The maximum atomic E-state index is 12.3. The number of rotatable bonds is 4. The zero-order valence-electron chi connectivity index (χ0n) is 13.5. The van der Waals surface area contributed by atoms with E-state index in [1.165, 1.54) is 0 Å². The molecule has 0 fully saturated rings. The molecular formula is C19H17NO5. The zero-order valence-corrected chi connectivity index (χ0v) is 13.5. The molecule has 2 heterocycles. The third-order valence-electron chi connectivity index (χ3n) is 4.33. The highest BCUT2D eigenvalue weighted by Gasteiger charge is 2.30. The van der Waals surface area contributed by atoms with Crippen molar-refractivity contribution in [2.75, 3.05) is 13.3 Å². The minimum absolute atomic E-state index is 0.240. The molecule has 2 aliphatic rings. The molecule has 0 aliphatic carbocycles. The molecule has 0 saturated carbocycles.